The Morgan fingerprint density at radius 2 is 1.45 bits per heavy atom. The summed E-state index contributed by atoms with van der Waals surface area (Å²) in [6.07, 6.45) is 5.36. The van der Waals surface area contributed by atoms with Crippen LogP contribution >= 0.6 is 0 Å². The molecule has 0 atom stereocenters. The lowest BCUT2D eigenvalue weighted by Crippen LogP contribution is -2.52. The molecule has 0 aliphatic carbocycles. The largest absolute Gasteiger partial charge is 0.493 e. The molecule has 1 N–H and O–H groups in total. The molecule has 6 rings (SSSR count). The van der Waals surface area contributed by atoms with E-state index in [1.165, 1.54) is 21.3 Å². The number of rotatable bonds is 10. The van der Waals surface area contributed by atoms with Crippen LogP contribution in [-0.2, 0) is 33.0 Å². The number of hydrogen-bond acceptors (Lipinski definition) is 6. The van der Waals surface area contributed by atoms with Crippen LogP contribution < -0.4 is 36.0 Å². The molecule has 240 valence electrons. The molecule has 0 fully saturated rings. The fourth-order valence-electron chi connectivity index (χ4n) is 5.86. The van der Waals surface area contributed by atoms with E-state index in [9.17, 15) is 9.59 Å². The van der Waals surface area contributed by atoms with Crippen LogP contribution in [0.25, 0.3) is 12.2 Å². The molecule has 2 heterocycles. The zero-order valence-corrected chi connectivity index (χ0v) is 27.0. The number of fused-ring (bicyclic) bond motifs is 1. The highest BCUT2D eigenvalue weighted by molar-refractivity contribution is 5.51. The first kappa shape index (κ1) is 31.6. The summed E-state index contributed by atoms with van der Waals surface area (Å²) in [6.45, 7) is 3.37. The van der Waals surface area contributed by atoms with E-state index in [4.69, 9.17) is 14.2 Å². The summed E-state index contributed by atoms with van der Waals surface area (Å²) >= 11 is 0. The second-order valence-corrected chi connectivity index (χ2v) is 11.7. The fraction of sp³-hybridized carbons (Fsp3) is 0.231. The number of nitrogens with zero attached hydrogens (tertiary/aromatic N) is 2. The van der Waals surface area contributed by atoms with E-state index in [1.54, 1.807) is 33.4 Å². The maximum atomic E-state index is 13.0. The summed E-state index contributed by atoms with van der Waals surface area (Å²) < 4.78 is 18.4. The number of hydrogen-bond donors (Lipinski definition) is 1. The highest BCUT2D eigenvalue weighted by Gasteiger charge is 2.19. The van der Waals surface area contributed by atoms with Crippen molar-refractivity contribution in [3.05, 3.63) is 156 Å². The number of H-pyrrole nitrogens is 1. The van der Waals surface area contributed by atoms with Crippen molar-refractivity contribution in [1.82, 2.24) is 14.5 Å². The molecule has 0 bridgehead atoms. The van der Waals surface area contributed by atoms with Crippen LogP contribution in [0.5, 0.6) is 17.2 Å². The molecule has 8 heteroatoms. The number of nitrogens with one attached hydrogen (secondary N) is 1. The van der Waals surface area contributed by atoms with E-state index < -0.39 is 0 Å². The number of benzene rings is 4. The summed E-state index contributed by atoms with van der Waals surface area (Å²) in [7, 11) is 4.97. The van der Waals surface area contributed by atoms with Gasteiger partial charge in [-0.1, -0.05) is 66.7 Å². The van der Waals surface area contributed by atoms with Crippen LogP contribution in [-0.4, -0.2) is 41.8 Å². The monoisotopic (exact) mass is 629 g/mol. The SMILES string of the molecule is COc1cc2c(cc1OC)CN(CCc1ccc(COc3ccc(/C=c4\[nH]c(=O)/c(=C/c5ccccc5)n(C)c4=O)cc3)cc1)CC2. The third kappa shape index (κ3) is 7.56. The minimum Gasteiger partial charge on any atom is -0.493 e. The van der Waals surface area contributed by atoms with Gasteiger partial charge < -0.3 is 23.8 Å². The zero-order chi connectivity index (χ0) is 32.8. The lowest BCUT2D eigenvalue weighted by atomic mass is 9.98. The van der Waals surface area contributed by atoms with Gasteiger partial charge in [-0.2, -0.15) is 0 Å². The van der Waals surface area contributed by atoms with E-state index in [0.717, 1.165) is 66.4 Å². The van der Waals surface area contributed by atoms with Gasteiger partial charge in [0.1, 0.15) is 23.1 Å². The topological polar surface area (TPSA) is 85.8 Å². The molecule has 1 aromatic heterocycles. The minimum absolute atomic E-state index is 0.225. The van der Waals surface area contributed by atoms with E-state index in [1.807, 2.05) is 54.6 Å². The van der Waals surface area contributed by atoms with Gasteiger partial charge in [-0.05, 0) is 82.6 Å². The molecule has 1 aliphatic heterocycles. The molecule has 0 radical (unpaired) electrons. The van der Waals surface area contributed by atoms with Crippen molar-refractivity contribution in [1.29, 1.82) is 0 Å². The molecule has 0 amide bonds. The average molecular weight is 630 g/mol. The van der Waals surface area contributed by atoms with Crippen LogP contribution in [0.3, 0.4) is 0 Å². The van der Waals surface area contributed by atoms with E-state index >= 15 is 0 Å². The highest BCUT2D eigenvalue weighted by atomic mass is 16.5. The van der Waals surface area contributed by atoms with E-state index in [0.29, 0.717) is 12.0 Å². The Labute approximate surface area is 273 Å². The second-order valence-electron chi connectivity index (χ2n) is 11.7. The summed E-state index contributed by atoms with van der Waals surface area (Å²) in [5.41, 5.74) is 6.05. The van der Waals surface area contributed by atoms with Crippen molar-refractivity contribution < 1.29 is 14.2 Å². The lowest BCUT2D eigenvalue weighted by Gasteiger charge is -2.29. The quantitative estimate of drug-likeness (QED) is 0.252. The van der Waals surface area contributed by atoms with Gasteiger partial charge in [0.2, 0.25) is 0 Å². The van der Waals surface area contributed by atoms with Crippen LogP contribution in [0.4, 0.5) is 0 Å². The molecular weight excluding hydrogens is 590 g/mol. The number of aromatic nitrogens is 2. The smallest absolute Gasteiger partial charge is 0.274 e. The Morgan fingerprint density at radius 3 is 2.15 bits per heavy atom. The van der Waals surface area contributed by atoms with Crippen molar-refractivity contribution in [2.75, 3.05) is 27.3 Å². The van der Waals surface area contributed by atoms with Crippen molar-refractivity contribution in [3.8, 4) is 17.2 Å². The van der Waals surface area contributed by atoms with E-state index in [2.05, 4.69) is 46.3 Å². The lowest BCUT2D eigenvalue weighted by molar-refractivity contribution is 0.255. The van der Waals surface area contributed by atoms with E-state index in [-0.39, 0.29) is 16.5 Å². The van der Waals surface area contributed by atoms with Crippen molar-refractivity contribution in [2.24, 2.45) is 7.05 Å². The summed E-state index contributed by atoms with van der Waals surface area (Å²) in [5.74, 6) is 2.30. The van der Waals surface area contributed by atoms with Crippen molar-refractivity contribution in [2.45, 2.75) is 26.0 Å². The molecule has 5 aromatic rings. The third-order valence-electron chi connectivity index (χ3n) is 8.61. The summed E-state index contributed by atoms with van der Waals surface area (Å²) in [6, 6.07) is 29.7. The Hall–Kier alpha value is -5.34. The van der Waals surface area contributed by atoms with Gasteiger partial charge in [0, 0.05) is 26.7 Å². The molecule has 1 aliphatic rings. The third-order valence-corrected chi connectivity index (χ3v) is 8.61. The van der Waals surface area contributed by atoms with Crippen LogP contribution in [0.15, 0.2) is 101 Å². The number of ether oxygens (including phenoxy) is 3. The van der Waals surface area contributed by atoms with Crippen LogP contribution in [0.2, 0.25) is 0 Å². The molecule has 47 heavy (non-hydrogen) atoms. The number of aromatic amines is 1. The van der Waals surface area contributed by atoms with Gasteiger partial charge in [-0.25, -0.2) is 0 Å². The normalized spacial score (nSPS) is 13.8. The average Bonchev–Trinajstić information content (AvgIpc) is 3.11. The van der Waals surface area contributed by atoms with Crippen molar-refractivity contribution in [3.63, 3.8) is 0 Å². The predicted molar refractivity (Wildman–Crippen MR) is 185 cm³/mol. The minimum atomic E-state index is -0.326. The van der Waals surface area contributed by atoms with Gasteiger partial charge in [-0.15, -0.1) is 0 Å². The van der Waals surface area contributed by atoms with Crippen molar-refractivity contribution >= 4 is 12.2 Å². The Balaban J connectivity index is 1.03. The highest BCUT2D eigenvalue weighted by Crippen LogP contribution is 2.33. The molecule has 0 saturated carbocycles. The molecule has 0 saturated heterocycles. The Kier molecular flexibility index (Phi) is 9.69. The van der Waals surface area contributed by atoms with Crippen LogP contribution in [0, 0.1) is 0 Å². The number of methoxy groups -OCH3 is 2. The predicted octanol–water partition coefficient (Wildman–Crippen LogP) is 3.93. The first-order valence-corrected chi connectivity index (χ1v) is 15.7. The molecule has 8 nitrogen and oxygen atoms in total. The summed E-state index contributed by atoms with van der Waals surface area (Å²) in [5, 5.41) is 0.522. The first-order chi connectivity index (χ1) is 22.9. The standard InChI is InChI=1S/C39H39N3O5/c1-41-35(22-28-7-5-4-6-8-28)38(43)40-34(39(41)44)21-29-13-15-33(16-14-29)47-26-30-11-9-27(10-12-30)17-19-42-20-18-31-23-36(45-2)37(46-3)24-32(31)25-42/h4-16,21-24H,17-20,25-26H2,1-3H3,(H,40,43)/b34-21-,35-22-. The molecular formula is C39H39N3O5. The van der Waals surface area contributed by atoms with Gasteiger partial charge in [0.05, 0.1) is 14.2 Å². The maximum absolute atomic E-state index is 13.0. The summed E-state index contributed by atoms with van der Waals surface area (Å²) in [4.78, 5) is 31.0. The molecule has 0 unspecified atom stereocenters. The fourth-order valence-corrected chi connectivity index (χ4v) is 5.86. The Morgan fingerprint density at radius 1 is 0.787 bits per heavy atom. The Bertz CT molecular complexity index is 2080. The van der Waals surface area contributed by atoms with Gasteiger partial charge in [0.15, 0.2) is 11.5 Å². The van der Waals surface area contributed by atoms with Crippen LogP contribution in [0.1, 0.15) is 33.4 Å². The maximum Gasteiger partial charge on any atom is 0.274 e. The zero-order valence-electron chi connectivity index (χ0n) is 27.0. The molecule has 4 aromatic carbocycles. The molecule has 0 spiro atoms. The second kappa shape index (κ2) is 14.4. The first-order valence-electron chi connectivity index (χ1n) is 15.7. The van der Waals surface area contributed by atoms with Gasteiger partial charge >= 0.3 is 0 Å². The van der Waals surface area contributed by atoms with Gasteiger partial charge in [-0.3, -0.25) is 14.5 Å². The van der Waals surface area contributed by atoms with Gasteiger partial charge in [0.25, 0.3) is 11.1 Å².